The molecule has 0 aliphatic heterocycles. The molecule has 0 amide bonds. The largest absolute Gasteiger partial charge is 0.382 e. The van der Waals surface area contributed by atoms with Gasteiger partial charge in [0, 0.05) is 25.9 Å². The zero-order chi connectivity index (χ0) is 14.2. The molecule has 1 atom stereocenters. The van der Waals surface area contributed by atoms with Crippen LogP contribution < -0.4 is 11.1 Å². The van der Waals surface area contributed by atoms with Gasteiger partial charge in [-0.25, -0.2) is 0 Å². The number of para-hydroxylation sites is 1. The summed E-state index contributed by atoms with van der Waals surface area (Å²) in [5.74, 6) is 0. The van der Waals surface area contributed by atoms with E-state index in [2.05, 4.69) is 47.8 Å². The van der Waals surface area contributed by atoms with Gasteiger partial charge in [-0.05, 0) is 23.6 Å². The van der Waals surface area contributed by atoms with E-state index in [0.717, 1.165) is 18.7 Å². The van der Waals surface area contributed by atoms with E-state index in [1.165, 1.54) is 11.1 Å². The van der Waals surface area contributed by atoms with Gasteiger partial charge in [0.1, 0.15) is 0 Å². The Kier molecular flexibility index (Phi) is 5.59. The lowest BCUT2D eigenvalue weighted by Gasteiger charge is -2.17. The van der Waals surface area contributed by atoms with Crippen molar-refractivity contribution in [1.82, 2.24) is 0 Å². The lowest BCUT2D eigenvalue weighted by molar-refractivity contribution is 0.120. The molecule has 0 radical (unpaired) electrons. The van der Waals surface area contributed by atoms with E-state index in [4.69, 9.17) is 10.5 Å². The summed E-state index contributed by atoms with van der Waals surface area (Å²) in [4.78, 5) is 0. The highest BCUT2D eigenvalue weighted by Crippen LogP contribution is 2.19. The first-order chi connectivity index (χ1) is 9.83. The first kappa shape index (κ1) is 14.6. The molecule has 3 heteroatoms. The molecule has 0 aromatic heterocycles. The molecule has 0 fully saturated rings. The minimum absolute atomic E-state index is 0.0415. The van der Waals surface area contributed by atoms with Gasteiger partial charge < -0.3 is 15.8 Å². The van der Waals surface area contributed by atoms with E-state index in [1.54, 1.807) is 7.11 Å². The molecule has 20 heavy (non-hydrogen) atoms. The number of nitrogens with one attached hydrogen (secondary N) is 1. The minimum Gasteiger partial charge on any atom is -0.382 e. The van der Waals surface area contributed by atoms with Crippen LogP contribution in [0, 0.1) is 0 Å². The lowest BCUT2D eigenvalue weighted by atomic mass is 10.0. The molecule has 0 spiro atoms. The van der Waals surface area contributed by atoms with Gasteiger partial charge in [0.2, 0.25) is 0 Å². The SMILES string of the molecule is COC(CN)CNc1ccccc1Cc1ccccc1. The maximum atomic E-state index is 5.64. The van der Waals surface area contributed by atoms with E-state index in [9.17, 15) is 0 Å². The molecule has 2 rings (SSSR count). The van der Waals surface area contributed by atoms with Crippen LogP contribution in [-0.4, -0.2) is 26.3 Å². The summed E-state index contributed by atoms with van der Waals surface area (Å²) >= 11 is 0. The second kappa shape index (κ2) is 7.68. The van der Waals surface area contributed by atoms with Crippen molar-refractivity contribution < 1.29 is 4.74 Å². The number of benzene rings is 2. The second-order valence-electron chi connectivity index (χ2n) is 4.79. The third-order valence-electron chi connectivity index (χ3n) is 3.37. The molecule has 2 aromatic rings. The lowest BCUT2D eigenvalue weighted by Crippen LogP contribution is -2.30. The third-order valence-corrected chi connectivity index (χ3v) is 3.37. The van der Waals surface area contributed by atoms with Gasteiger partial charge in [0.15, 0.2) is 0 Å². The Morgan fingerprint density at radius 1 is 1.05 bits per heavy atom. The first-order valence-corrected chi connectivity index (χ1v) is 6.92. The molecule has 0 heterocycles. The molecule has 0 saturated carbocycles. The predicted molar refractivity (Wildman–Crippen MR) is 84.0 cm³/mol. The topological polar surface area (TPSA) is 47.3 Å². The monoisotopic (exact) mass is 270 g/mol. The summed E-state index contributed by atoms with van der Waals surface area (Å²) in [5, 5.41) is 3.43. The highest BCUT2D eigenvalue weighted by Gasteiger charge is 2.07. The Bertz CT molecular complexity index is 509. The van der Waals surface area contributed by atoms with Crippen LogP contribution in [0.3, 0.4) is 0 Å². The number of methoxy groups -OCH3 is 1. The molecule has 106 valence electrons. The van der Waals surface area contributed by atoms with Crippen molar-refractivity contribution in [2.24, 2.45) is 5.73 Å². The normalized spacial score (nSPS) is 12.1. The van der Waals surface area contributed by atoms with Crippen LogP contribution in [-0.2, 0) is 11.2 Å². The number of hydrogen-bond donors (Lipinski definition) is 2. The maximum absolute atomic E-state index is 5.64. The van der Waals surface area contributed by atoms with E-state index in [-0.39, 0.29) is 6.10 Å². The van der Waals surface area contributed by atoms with Crippen molar-refractivity contribution >= 4 is 5.69 Å². The maximum Gasteiger partial charge on any atom is 0.0865 e. The Morgan fingerprint density at radius 3 is 2.45 bits per heavy atom. The molecular formula is C17H22N2O. The van der Waals surface area contributed by atoms with Crippen molar-refractivity contribution in [3.8, 4) is 0 Å². The highest BCUT2D eigenvalue weighted by molar-refractivity contribution is 5.52. The highest BCUT2D eigenvalue weighted by atomic mass is 16.5. The van der Waals surface area contributed by atoms with Crippen LogP contribution in [0.25, 0.3) is 0 Å². The Balaban J connectivity index is 2.06. The fraction of sp³-hybridized carbons (Fsp3) is 0.294. The van der Waals surface area contributed by atoms with Gasteiger partial charge in [-0.1, -0.05) is 48.5 Å². The molecule has 0 saturated heterocycles. The van der Waals surface area contributed by atoms with Gasteiger partial charge in [-0.2, -0.15) is 0 Å². The van der Waals surface area contributed by atoms with Gasteiger partial charge in [-0.3, -0.25) is 0 Å². The number of anilines is 1. The minimum atomic E-state index is 0.0415. The van der Waals surface area contributed by atoms with Gasteiger partial charge >= 0.3 is 0 Å². The molecule has 0 bridgehead atoms. The predicted octanol–water partition coefficient (Wildman–Crippen LogP) is 2.66. The van der Waals surface area contributed by atoms with Crippen molar-refractivity contribution in [1.29, 1.82) is 0 Å². The van der Waals surface area contributed by atoms with Crippen LogP contribution in [0.2, 0.25) is 0 Å². The van der Waals surface area contributed by atoms with Crippen LogP contribution in [0.4, 0.5) is 5.69 Å². The molecule has 1 unspecified atom stereocenters. The van der Waals surface area contributed by atoms with Crippen LogP contribution in [0.5, 0.6) is 0 Å². The van der Waals surface area contributed by atoms with E-state index < -0.39 is 0 Å². The van der Waals surface area contributed by atoms with Gasteiger partial charge in [-0.15, -0.1) is 0 Å². The molecule has 3 N–H and O–H groups in total. The summed E-state index contributed by atoms with van der Waals surface area (Å²) in [6, 6.07) is 18.8. The number of nitrogens with two attached hydrogens (primary N) is 1. The summed E-state index contributed by atoms with van der Waals surface area (Å²) in [6.45, 7) is 1.24. The quantitative estimate of drug-likeness (QED) is 0.813. The third kappa shape index (κ3) is 4.08. The van der Waals surface area contributed by atoms with Crippen molar-refractivity contribution in [3.63, 3.8) is 0 Å². The summed E-state index contributed by atoms with van der Waals surface area (Å²) in [6.07, 6.45) is 0.962. The standard InChI is InChI=1S/C17H22N2O/c1-20-16(12-18)13-19-17-10-6-5-9-15(17)11-14-7-3-2-4-8-14/h2-10,16,19H,11-13,18H2,1H3. The van der Waals surface area contributed by atoms with Crippen LogP contribution >= 0.6 is 0 Å². The average Bonchev–Trinajstić information content (AvgIpc) is 2.51. The summed E-state index contributed by atoms with van der Waals surface area (Å²) < 4.78 is 5.29. The Labute approximate surface area is 120 Å². The van der Waals surface area contributed by atoms with Gasteiger partial charge in [0.25, 0.3) is 0 Å². The molecule has 0 aliphatic rings. The van der Waals surface area contributed by atoms with E-state index in [1.807, 2.05) is 12.1 Å². The average molecular weight is 270 g/mol. The second-order valence-corrected chi connectivity index (χ2v) is 4.79. The van der Waals surface area contributed by atoms with Crippen molar-refractivity contribution in [3.05, 3.63) is 65.7 Å². The zero-order valence-electron chi connectivity index (χ0n) is 11.9. The number of ether oxygens (including phenoxy) is 1. The molecular weight excluding hydrogens is 248 g/mol. The zero-order valence-corrected chi connectivity index (χ0v) is 11.9. The van der Waals surface area contributed by atoms with Gasteiger partial charge in [0.05, 0.1) is 6.10 Å². The smallest absolute Gasteiger partial charge is 0.0865 e. The number of hydrogen-bond acceptors (Lipinski definition) is 3. The van der Waals surface area contributed by atoms with E-state index >= 15 is 0 Å². The fourth-order valence-electron chi connectivity index (χ4n) is 2.15. The van der Waals surface area contributed by atoms with Crippen molar-refractivity contribution in [2.45, 2.75) is 12.5 Å². The Hall–Kier alpha value is -1.84. The Morgan fingerprint density at radius 2 is 1.75 bits per heavy atom. The molecule has 0 aliphatic carbocycles. The molecule has 3 nitrogen and oxygen atoms in total. The first-order valence-electron chi connectivity index (χ1n) is 6.92. The molecule has 2 aromatic carbocycles. The summed E-state index contributed by atoms with van der Waals surface area (Å²) in [5.41, 5.74) is 9.38. The van der Waals surface area contributed by atoms with Crippen LogP contribution in [0.1, 0.15) is 11.1 Å². The van der Waals surface area contributed by atoms with Crippen LogP contribution in [0.15, 0.2) is 54.6 Å². The fourth-order valence-corrected chi connectivity index (χ4v) is 2.15. The summed E-state index contributed by atoms with van der Waals surface area (Å²) in [7, 11) is 1.69. The van der Waals surface area contributed by atoms with E-state index in [0.29, 0.717) is 6.54 Å². The van der Waals surface area contributed by atoms with Crippen molar-refractivity contribution in [2.75, 3.05) is 25.5 Å². The number of rotatable bonds is 7.